The molecule has 0 aliphatic rings. The van der Waals surface area contributed by atoms with Crippen molar-refractivity contribution in [2.24, 2.45) is 0 Å². The van der Waals surface area contributed by atoms with E-state index in [0.717, 1.165) is 17.7 Å². The minimum absolute atomic E-state index is 0.0767. The molecule has 0 aromatic heterocycles. The van der Waals surface area contributed by atoms with Gasteiger partial charge < -0.3 is 5.32 Å². The first-order chi connectivity index (χ1) is 9.54. The van der Waals surface area contributed by atoms with E-state index in [1.165, 1.54) is 6.08 Å². The Morgan fingerprint density at radius 1 is 1.15 bits per heavy atom. The lowest BCUT2D eigenvalue weighted by Crippen LogP contribution is -2.09. The van der Waals surface area contributed by atoms with Crippen molar-refractivity contribution in [1.82, 2.24) is 0 Å². The third-order valence-corrected chi connectivity index (χ3v) is 2.70. The Balaban J connectivity index is 2.05. The van der Waals surface area contributed by atoms with E-state index in [0.29, 0.717) is 11.1 Å². The van der Waals surface area contributed by atoms with E-state index >= 15 is 0 Å². The molecular formula is C15H10ClF2NO. The molecule has 0 fully saturated rings. The van der Waals surface area contributed by atoms with Crippen LogP contribution in [-0.2, 0) is 4.79 Å². The van der Waals surface area contributed by atoms with Gasteiger partial charge in [0, 0.05) is 17.2 Å². The van der Waals surface area contributed by atoms with Crippen LogP contribution in [0.2, 0.25) is 5.02 Å². The van der Waals surface area contributed by atoms with Gasteiger partial charge in [-0.1, -0.05) is 23.7 Å². The second-order valence-electron chi connectivity index (χ2n) is 4.00. The third kappa shape index (κ3) is 3.90. The van der Waals surface area contributed by atoms with Gasteiger partial charge in [0.05, 0.1) is 5.69 Å². The first-order valence-electron chi connectivity index (χ1n) is 5.74. The normalized spacial score (nSPS) is 10.8. The molecule has 5 heteroatoms. The van der Waals surface area contributed by atoms with Gasteiger partial charge in [-0.2, -0.15) is 0 Å². The smallest absolute Gasteiger partial charge is 0.248 e. The summed E-state index contributed by atoms with van der Waals surface area (Å²) in [7, 11) is 0. The lowest BCUT2D eigenvalue weighted by atomic mass is 10.2. The molecule has 0 saturated carbocycles. The molecule has 0 aliphatic carbocycles. The molecule has 1 N–H and O–H groups in total. The number of benzene rings is 2. The maximum Gasteiger partial charge on any atom is 0.248 e. The zero-order chi connectivity index (χ0) is 14.5. The molecule has 2 nitrogen and oxygen atoms in total. The highest BCUT2D eigenvalue weighted by Crippen LogP contribution is 2.15. The van der Waals surface area contributed by atoms with Crippen LogP contribution >= 0.6 is 11.6 Å². The van der Waals surface area contributed by atoms with Gasteiger partial charge >= 0.3 is 0 Å². The fraction of sp³-hybridized carbons (Fsp3) is 0. The third-order valence-electron chi connectivity index (χ3n) is 2.46. The standard InChI is InChI=1S/C15H10ClF2NO/c16-11-3-1-2-10(8-11)4-7-15(20)19-14-6-5-12(17)9-13(14)18/h1-9H,(H,19,20). The van der Waals surface area contributed by atoms with Crippen molar-refractivity contribution in [2.45, 2.75) is 0 Å². The predicted octanol–water partition coefficient (Wildman–Crippen LogP) is 4.27. The van der Waals surface area contributed by atoms with Crippen LogP contribution in [0.1, 0.15) is 5.56 Å². The summed E-state index contributed by atoms with van der Waals surface area (Å²) in [6, 6.07) is 9.86. The second kappa shape index (κ2) is 6.30. The molecular weight excluding hydrogens is 284 g/mol. The van der Waals surface area contributed by atoms with E-state index in [4.69, 9.17) is 11.6 Å². The van der Waals surface area contributed by atoms with Crippen LogP contribution in [0, 0.1) is 11.6 Å². The number of anilines is 1. The Morgan fingerprint density at radius 3 is 2.65 bits per heavy atom. The Bertz CT molecular complexity index is 671. The van der Waals surface area contributed by atoms with Crippen molar-refractivity contribution >= 4 is 29.3 Å². The molecule has 102 valence electrons. The Kier molecular flexibility index (Phi) is 4.48. The number of nitrogens with one attached hydrogen (secondary N) is 1. The summed E-state index contributed by atoms with van der Waals surface area (Å²) >= 11 is 5.81. The number of halogens is 3. The summed E-state index contributed by atoms with van der Waals surface area (Å²) in [6.45, 7) is 0. The summed E-state index contributed by atoms with van der Waals surface area (Å²) in [5.41, 5.74) is 0.666. The van der Waals surface area contributed by atoms with Crippen molar-refractivity contribution in [2.75, 3.05) is 5.32 Å². The Hall–Kier alpha value is -2.20. The fourth-order valence-electron chi connectivity index (χ4n) is 1.55. The van der Waals surface area contributed by atoms with Crippen LogP contribution in [0.5, 0.6) is 0 Å². The molecule has 0 heterocycles. The number of carbonyl (C=O) groups is 1. The van der Waals surface area contributed by atoms with Gasteiger partial charge in [-0.15, -0.1) is 0 Å². The first kappa shape index (κ1) is 14.2. The van der Waals surface area contributed by atoms with E-state index in [2.05, 4.69) is 5.32 Å². The lowest BCUT2D eigenvalue weighted by Gasteiger charge is -2.03. The van der Waals surface area contributed by atoms with Gasteiger partial charge in [-0.3, -0.25) is 4.79 Å². The molecule has 0 bridgehead atoms. The SMILES string of the molecule is O=C(C=Cc1cccc(Cl)c1)Nc1ccc(F)cc1F. The first-order valence-corrected chi connectivity index (χ1v) is 6.12. The zero-order valence-corrected chi connectivity index (χ0v) is 11.0. The molecule has 0 spiro atoms. The van der Waals surface area contributed by atoms with E-state index in [-0.39, 0.29) is 5.69 Å². The largest absolute Gasteiger partial charge is 0.320 e. The molecule has 20 heavy (non-hydrogen) atoms. The van der Waals surface area contributed by atoms with Crippen molar-refractivity contribution in [1.29, 1.82) is 0 Å². The Labute approximate surface area is 119 Å². The van der Waals surface area contributed by atoms with Gasteiger partial charge in [0.1, 0.15) is 11.6 Å². The molecule has 0 unspecified atom stereocenters. The van der Waals surface area contributed by atoms with Crippen LogP contribution in [0.25, 0.3) is 6.08 Å². The lowest BCUT2D eigenvalue weighted by molar-refractivity contribution is -0.111. The van der Waals surface area contributed by atoms with E-state index in [9.17, 15) is 13.6 Å². The van der Waals surface area contributed by atoms with Crippen LogP contribution in [0.15, 0.2) is 48.5 Å². The number of carbonyl (C=O) groups excluding carboxylic acids is 1. The van der Waals surface area contributed by atoms with Crippen LogP contribution in [-0.4, -0.2) is 5.91 Å². The van der Waals surface area contributed by atoms with Crippen LogP contribution in [0.3, 0.4) is 0 Å². The average Bonchev–Trinajstić information content (AvgIpc) is 2.40. The highest BCUT2D eigenvalue weighted by molar-refractivity contribution is 6.30. The maximum atomic E-state index is 13.3. The van der Waals surface area contributed by atoms with Gasteiger partial charge in [-0.05, 0) is 35.9 Å². The summed E-state index contributed by atoms with van der Waals surface area (Å²) in [5.74, 6) is -2.04. The minimum atomic E-state index is -0.825. The van der Waals surface area contributed by atoms with Gasteiger partial charge in [0.2, 0.25) is 5.91 Å². The van der Waals surface area contributed by atoms with Crippen molar-refractivity contribution in [3.05, 3.63) is 70.8 Å². The molecule has 0 saturated heterocycles. The number of amides is 1. The molecule has 2 aromatic carbocycles. The van der Waals surface area contributed by atoms with E-state index in [1.807, 2.05) is 0 Å². The second-order valence-corrected chi connectivity index (χ2v) is 4.44. The maximum absolute atomic E-state index is 13.3. The average molecular weight is 294 g/mol. The molecule has 1 amide bonds. The highest BCUT2D eigenvalue weighted by Gasteiger charge is 2.05. The topological polar surface area (TPSA) is 29.1 Å². The zero-order valence-electron chi connectivity index (χ0n) is 10.2. The van der Waals surface area contributed by atoms with Crippen molar-refractivity contribution < 1.29 is 13.6 Å². The van der Waals surface area contributed by atoms with E-state index in [1.54, 1.807) is 30.3 Å². The van der Waals surface area contributed by atoms with Crippen LogP contribution < -0.4 is 5.32 Å². The van der Waals surface area contributed by atoms with Gasteiger partial charge in [-0.25, -0.2) is 8.78 Å². The number of hydrogen-bond donors (Lipinski definition) is 1. The summed E-state index contributed by atoms with van der Waals surface area (Å²) < 4.78 is 26.0. The fourth-order valence-corrected chi connectivity index (χ4v) is 1.75. The number of rotatable bonds is 3. The summed E-state index contributed by atoms with van der Waals surface area (Å²) in [6.07, 6.45) is 2.79. The van der Waals surface area contributed by atoms with Gasteiger partial charge in [0.25, 0.3) is 0 Å². The summed E-state index contributed by atoms with van der Waals surface area (Å²) in [5, 5.41) is 2.87. The summed E-state index contributed by atoms with van der Waals surface area (Å²) in [4.78, 5) is 11.6. The minimum Gasteiger partial charge on any atom is -0.320 e. The highest BCUT2D eigenvalue weighted by atomic mass is 35.5. The molecule has 0 radical (unpaired) electrons. The number of hydrogen-bond acceptors (Lipinski definition) is 1. The molecule has 0 atom stereocenters. The van der Waals surface area contributed by atoms with Crippen molar-refractivity contribution in [3.63, 3.8) is 0 Å². The van der Waals surface area contributed by atoms with Crippen molar-refractivity contribution in [3.8, 4) is 0 Å². The monoisotopic (exact) mass is 293 g/mol. The predicted molar refractivity (Wildman–Crippen MR) is 75.5 cm³/mol. The molecule has 2 aromatic rings. The van der Waals surface area contributed by atoms with Gasteiger partial charge in [0.15, 0.2) is 0 Å². The van der Waals surface area contributed by atoms with Crippen LogP contribution in [0.4, 0.5) is 14.5 Å². The molecule has 2 rings (SSSR count). The van der Waals surface area contributed by atoms with E-state index < -0.39 is 17.5 Å². The Morgan fingerprint density at radius 2 is 1.95 bits per heavy atom. The molecule has 0 aliphatic heterocycles. The quantitative estimate of drug-likeness (QED) is 0.841.